The summed E-state index contributed by atoms with van der Waals surface area (Å²) in [6.07, 6.45) is 1.34. The van der Waals surface area contributed by atoms with Gasteiger partial charge in [-0.1, -0.05) is 6.92 Å². The first-order chi connectivity index (χ1) is 8.98. The summed E-state index contributed by atoms with van der Waals surface area (Å²) in [6.45, 7) is 5.95. The molecule has 4 heterocycles. The lowest BCUT2D eigenvalue weighted by atomic mass is 9.83. The van der Waals surface area contributed by atoms with Crippen molar-refractivity contribution in [3.63, 3.8) is 0 Å². The van der Waals surface area contributed by atoms with Crippen molar-refractivity contribution in [3.8, 4) is 0 Å². The van der Waals surface area contributed by atoms with Gasteiger partial charge in [0.2, 0.25) is 5.91 Å². The zero-order valence-electron chi connectivity index (χ0n) is 11.5. The topological polar surface area (TPSA) is 48.0 Å². The molecule has 4 saturated heterocycles. The molecule has 8 atom stereocenters. The van der Waals surface area contributed by atoms with E-state index in [1.165, 1.54) is 0 Å². The number of nitrogens with zero attached hydrogens (tertiary/aromatic N) is 1. The van der Waals surface area contributed by atoms with Crippen molar-refractivity contribution in [3.05, 3.63) is 0 Å². The van der Waals surface area contributed by atoms with Gasteiger partial charge in [-0.2, -0.15) is 0 Å². The van der Waals surface area contributed by atoms with Crippen LogP contribution >= 0.6 is 0 Å². The van der Waals surface area contributed by atoms with E-state index in [0.29, 0.717) is 30.1 Å². The van der Waals surface area contributed by atoms with Crippen LogP contribution in [-0.2, 0) is 19.0 Å². The normalized spacial score (nSPS) is 63.4. The first-order valence-electron chi connectivity index (χ1n) is 7.35. The second-order valence-corrected chi connectivity index (χ2v) is 6.92. The lowest BCUT2D eigenvalue weighted by Gasteiger charge is -2.44. The van der Waals surface area contributed by atoms with Gasteiger partial charge in [0.25, 0.3) is 0 Å². The van der Waals surface area contributed by atoms with Crippen molar-refractivity contribution in [2.24, 2.45) is 23.7 Å². The molecule has 0 radical (unpaired) electrons. The number of hydrogen-bond acceptors (Lipinski definition) is 4. The minimum absolute atomic E-state index is 0.138. The Morgan fingerprint density at radius 3 is 2.16 bits per heavy atom. The number of likely N-dealkylation sites (tertiary alicyclic amines) is 1. The van der Waals surface area contributed by atoms with Gasteiger partial charge in [-0.3, -0.25) is 9.69 Å². The van der Waals surface area contributed by atoms with Crippen LogP contribution in [-0.4, -0.2) is 34.8 Å². The summed E-state index contributed by atoms with van der Waals surface area (Å²) in [5, 5.41) is 0. The molecular weight excluding hydrogens is 246 g/mol. The fraction of sp³-hybridized carbons (Fsp3) is 0.929. The van der Waals surface area contributed by atoms with E-state index < -0.39 is 11.6 Å². The van der Waals surface area contributed by atoms with Gasteiger partial charge in [0, 0.05) is 30.1 Å². The standard InChI is InChI=1S/C14H19NO4/c1-4-8(16)15-11-6-5-7-10-9(6)13(2,17-11)19-14(10,3)18-12(7)15/h6-7,9-12H,4-5H2,1-3H3. The molecule has 1 aliphatic carbocycles. The molecule has 5 fully saturated rings. The molecule has 0 aromatic heterocycles. The quantitative estimate of drug-likeness (QED) is 0.716. The number of piperidine rings is 1. The molecule has 0 aromatic carbocycles. The Hall–Kier alpha value is -0.650. The minimum Gasteiger partial charge on any atom is -0.326 e. The molecule has 1 amide bonds. The fourth-order valence-electron chi connectivity index (χ4n) is 5.69. The molecule has 0 spiro atoms. The molecule has 1 saturated carbocycles. The molecule has 5 rings (SSSR count). The molecule has 104 valence electrons. The second-order valence-electron chi connectivity index (χ2n) is 6.92. The van der Waals surface area contributed by atoms with E-state index in [2.05, 4.69) is 0 Å². The number of amides is 1. The molecule has 0 aromatic rings. The van der Waals surface area contributed by atoms with Crippen molar-refractivity contribution in [1.82, 2.24) is 4.90 Å². The lowest BCUT2D eigenvalue weighted by molar-refractivity contribution is -0.360. The first kappa shape index (κ1) is 11.1. The fourth-order valence-corrected chi connectivity index (χ4v) is 5.69. The Kier molecular flexibility index (Phi) is 1.66. The van der Waals surface area contributed by atoms with Gasteiger partial charge in [-0.05, 0) is 20.3 Å². The summed E-state index contributed by atoms with van der Waals surface area (Å²) in [6, 6.07) is 0. The summed E-state index contributed by atoms with van der Waals surface area (Å²) in [7, 11) is 0. The molecule has 8 unspecified atom stereocenters. The Morgan fingerprint density at radius 2 is 1.68 bits per heavy atom. The zero-order valence-corrected chi connectivity index (χ0v) is 11.5. The van der Waals surface area contributed by atoms with E-state index in [1.54, 1.807) is 0 Å². The van der Waals surface area contributed by atoms with Gasteiger partial charge >= 0.3 is 0 Å². The van der Waals surface area contributed by atoms with Crippen LogP contribution in [0.1, 0.15) is 33.6 Å². The number of carbonyl (C=O) groups excluding carboxylic acids is 1. The van der Waals surface area contributed by atoms with Gasteiger partial charge in [-0.25, -0.2) is 0 Å². The van der Waals surface area contributed by atoms with Gasteiger partial charge in [-0.15, -0.1) is 0 Å². The molecule has 5 aliphatic rings. The summed E-state index contributed by atoms with van der Waals surface area (Å²) in [5.74, 6) is 0.622. The van der Waals surface area contributed by atoms with Crippen LogP contribution in [0, 0.1) is 23.7 Å². The van der Waals surface area contributed by atoms with Gasteiger partial charge in [0.15, 0.2) is 11.6 Å². The van der Waals surface area contributed by atoms with E-state index in [0.717, 1.165) is 6.42 Å². The predicted molar refractivity (Wildman–Crippen MR) is 63.4 cm³/mol. The summed E-state index contributed by atoms with van der Waals surface area (Å²) >= 11 is 0. The van der Waals surface area contributed by atoms with E-state index in [4.69, 9.17) is 14.2 Å². The maximum Gasteiger partial charge on any atom is 0.226 e. The van der Waals surface area contributed by atoms with Crippen LogP contribution in [0.25, 0.3) is 0 Å². The van der Waals surface area contributed by atoms with Crippen molar-refractivity contribution in [2.75, 3.05) is 0 Å². The maximum absolute atomic E-state index is 12.3. The molecule has 4 aliphatic heterocycles. The van der Waals surface area contributed by atoms with Crippen molar-refractivity contribution >= 4 is 5.91 Å². The third kappa shape index (κ3) is 0.957. The van der Waals surface area contributed by atoms with E-state index in [-0.39, 0.29) is 18.4 Å². The van der Waals surface area contributed by atoms with Crippen LogP contribution in [0.2, 0.25) is 0 Å². The highest BCUT2D eigenvalue weighted by molar-refractivity contribution is 5.76. The van der Waals surface area contributed by atoms with Crippen LogP contribution in [0.4, 0.5) is 0 Å². The van der Waals surface area contributed by atoms with Crippen LogP contribution in [0.5, 0.6) is 0 Å². The van der Waals surface area contributed by atoms with Crippen LogP contribution < -0.4 is 0 Å². The van der Waals surface area contributed by atoms with Gasteiger partial charge in [0.05, 0.1) is 0 Å². The van der Waals surface area contributed by atoms with E-state index in [9.17, 15) is 4.79 Å². The third-order valence-electron chi connectivity index (χ3n) is 6.05. The highest BCUT2D eigenvalue weighted by Crippen LogP contribution is 2.72. The van der Waals surface area contributed by atoms with Crippen LogP contribution in [0.3, 0.4) is 0 Å². The smallest absolute Gasteiger partial charge is 0.226 e. The molecule has 0 N–H and O–H groups in total. The Bertz CT molecular complexity index is 462. The van der Waals surface area contributed by atoms with E-state index >= 15 is 0 Å². The highest BCUT2D eigenvalue weighted by atomic mass is 16.8. The largest absolute Gasteiger partial charge is 0.326 e. The van der Waals surface area contributed by atoms with E-state index in [1.807, 2.05) is 25.7 Å². The average molecular weight is 265 g/mol. The Morgan fingerprint density at radius 1 is 1.16 bits per heavy atom. The minimum atomic E-state index is -0.568. The summed E-state index contributed by atoms with van der Waals surface area (Å²) in [5.41, 5.74) is 0. The summed E-state index contributed by atoms with van der Waals surface area (Å²) in [4.78, 5) is 14.2. The number of rotatable bonds is 1. The Labute approximate surface area is 112 Å². The lowest BCUT2D eigenvalue weighted by Crippen LogP contribution is -2.57. The third-order valence-corrected chi connectivity index (χ3v) is 6.05. The number of ether oxygens (including phenoxy) is 3. The molecule has 2 bridgehead atoms. The average Bonchev–Trinajstić information content (AvgIpc) is 2.96. The number of hydrogen-bond donors (Lipinski definition) is 0. The molecular formula is C14H19NO4. The van der Waals surface area contributed by atoms with Gasteiger partial charge in [0.1, 0.15) is 12.5 Å². The molecule has 5 nitrogen and oxygen atoms in total. The molecule has 19 heavy (non-hydrogen) atoms. The predicted octanol–water partition coefficient (Wildman–Crippen LogP) is 1.28. The zero-order chi connectivity index (χ0) is 13.2. The second kappa shape index (κ2) is 2.85. The molecule has 5 heteroatoms. The first-order valence-corrected chi connectivity index (χ1v) is 7.35. The van der Waals surface area contributed by atoms with Crippen molar-refractivity contribution in [2.45, 2.75) is 57.6 Å². The Balaban J connectivity index is 1.70. The maximum atomic E-state index is 12.3. The highest BCUT2D eigenvalue weighted by Gasteiger charge is 2.81. The number of carbonyl (C=O) groups is 1. The SMILES string of the molecule is CCC(=O)N1C2OC3(C)OC4(C)OC1C1CC2C3C14. The van der Waals surface area contributed by atoms with Crippen LogP contribution in [0.15, 0.2) is 0 Å². The summed E-state index contributed by atoms with van der Waals surface area (Å²) < 4.78 is 18.6. The van der Waals surface area contributed by atoms with Crippen molar-refractivity contribution in [1.29, 1.82) is 0 Å². The van der Waals surface area contributed by atoms with Crippen molar-refractivity contribution < 1.29 is 19.0 Å². The monoisotopic (exact) mass is 265 g/mol. The van der Waals surface area contributed by atoms with Gasteiger partial charge < -0.3 is 14.2 Å².